The van der Waals surface area contributed by atoms with E-state index in [1.54, 1.807) is 12.1 Å². The molecule has 2 aromatic rings. The number of benzene rings is 2. The first-order valence-electron chi connectivity index (χ1n) is 7.13. The van der Waals surface area contributed by atoms with Crippen molar-refractivity contribution in [3.8, 4) is 11.5 Å². The van der Waals surface area contributed by atoms with E-state index in [1.807, 2.05) is 31.2 Å². The summed E-state index contributed by atoms with van der Waals surface area (Å²) >= 11 is 8.41. The van der Waals surface area contributed by atoms with Gasteiger partial charge in [-0.3, -0.25) is 4.79 Å². The summed E-state index contributed by atoms with van der Waals surface area (Å²) in [7, 11) is 1.52. The maximum atomic E-state index is 12.4. The molecule has 0 fully saturated rings. The number of hydrogen-bond donors (Lipinski definition) is 1. The van der Waals surface area contributed by atoms with Gasteiger partial charge in [0.15, 0.2) is 11.5 Å². The Bertz CT molecular complexity index is 706. The van der Waals surface area contributed by atoms with Gasteiger partial charge >= 0.3 is 0 Å². The maximum Gasteiger partial charge on any atom is 0.255 e. The Morgan fingerprint density at radius 2 is 2.04 bits per heavy atom. The Labute approximate surface area is 154 Å². The summed E-state index contributed by atoms with van der Waals surface area (Å²) in [5, 5.41) is 3.22. The molecule has 6 heteroatoms. The molecular formula is C17H17ClINO3. The van der Waals surface area contributed by atoms with Crippen LogP contribution in [0.2, 0.25) is 5.02 Å². The summed E-state index contributed by atoms with van der Waals surface area (Å²) in [6.07, 6.45) is 0.855. The first kappa shape index (κ1) is 17.9. The standard InChI is InChI=1S/C17H17ClINO3/c1-3-8-23-16-12(18)9-11(10-15(16)22-2)17(21)20-14-7-5-4-6-13(14)19/h4-7,9-10H,3,8H2,1-2H3,(H,20,21). The maximum absolute atomic E-state index is 12.4. The van der Waals surface area contributed by atoms with Crippen molar-refractivity contribution < 1.29 is 14.3 Å². The molecule has 0 unspecified atom stereocenters. The summed E-state index contributed by atoms with van der Waals surface area (Å²) < 4.78 is 11.8. The molecule has 0 saturated carbocycles. The van der Waals surface area contributed by atoms with E-state index < -0.39 is 0 Å². The zero-order valence-corrected chi connectivity index (χ0v) is 15.8. The number of nitrogens with one attached hydrogen (secondary N) is 1. The molecule has 23 heavy (non-hydrogen) atoms. The third-order valence-corrected chi connectivity index (χ3v) is 4.29. The number of amides is 1. The van der Waals surface area contributed by atoms with E-state index in [0.29, 0.717) is 28.7 Å². The van der Waals surface area contributed by atoms with E-state index in [9.17, 15) is 4.79 Å². The van der Waals surface area contributed by atoms with E-state index >= 15 is 0 Å². The van der Waals surface area contributed by atoms with E-state index in [0.717, 1.165) is 15.7 Å². The molecule has 0 aliphatic heterocycles. The van der Waals surface area contributed by atoms with Crippen molar-refractivity contribution in [1.29, 1.82) is 0 Å². The fraction of sp³-hybridized carbons (Fsp3) is 0.235. The molecule has 0 aliphatic carbocycles. The highest BCUT2D eigenvalue weighted by atomic mass is 127. The Balaban J connectivity index is 2.27. The molecule has 1 amide bonds. The first-order chi connectivity index (χ1) is 11.1. The van der Waals surface area contributed by atoms with Crippen LogP contribution >= 0.6 is 34.2 Å². The number of anilines is 1. The molecule has 0 atom stereocenters. The average Bonchev–Trinajstić information content (AvgIpc) is 2.55. The number of rotatable bonds is 6. The van der Waals surface area contributed by atoms with Gasteiger partial charge in [0, 0.05) is 9.13 Å². The van der Waals surface area contributed by atoms with Gasteiger partial charge < -0.3 is 14.8 Å². The second-order valence-electron chi connectivity index (χ2n) is 4.77. The lowest BCUT2D eigenvalue weighted by Crippen LogP contribution is -2.13. The number of carbonyl (C=O) groups excluding carboxylic acids is 1. The molecule has 0 bridgehead atoms. The van der Waals surface area contributed by atoms with E-state index in [-0.39, 0.29) is 5.91 Å². The van der Waals surface area contributed by atoms with Crippen LogP contribution in [0, 0.1) is 3.57 Å². The summed E-state index contributed by atoms with van der Waals surface area (Å²) in [6, 6.07) is 10.8. The van der Waals surface area contributed by atoms with Crippen LogP contribution in [0.4, 0.5) is 5.69 Å². The van der Waals surface area contributed by atoms with Gasteiger partial charge in [-0.25, -0.2) is 0 Å². The molecule has 2 aromatic carbocycles. The predicted octanol–water partition coefficient (Wildman–Crippen LogP) is 4.99. The lowest BCUT2D eigenvalue weighted by atomic mass is 10.1. The number of ether oxygens (including phenoxy) is 2. The number of methoxy groups -OCH3 is 1. The third-order valence-electron chi connectivity index (χ3n) is 3.06. The zero-order valence-electron chi connectivity index (χ0n) is 12.9. The molecule has 1 N–H and O–H groups in total. The SMILES string of the molecule is CCCOc1c(Cl)cc(C(=O)Nc2ccccc2I)cc1OC. The molecule has 0 heterocycles. The lowest BCUT2D eigenvalue weighted by Gasteiger charge is -2.14. The Kier molecular flexibility index (Phi) is 6.53. The summed E-state index contributed by atoms with van der Waals surface area (Å²) in [5.74, 6) is 0.650. The topological polar surface area (TPSA) is 47.6 Å². The van der Waals surface area contributed by atoms with Crippen LogP contribution in [0.3, 0.4) is 0 Å². The largest absolute Gasteiger partial charge is 0.493 e. The van der Waals surface area contributed by atoms with E-state index in [2.05, 4.69) is 27.9 Å². The van der Waals surface area contributed by atoms with Crippen LogP contribution in [0.1, 0.15) is 23.7 Å². The summed E-state index contributed by atoms with van der Waals surface area (Å²) in [4.78, 5) is 12.4. The summed E-state index contributed by atoms with van der Waals surface area (Å²) in [5.41, 5.74) is 1.16. The minimum absolute atomic E-state index is 0.253. The molecule has 0 radical (unpaired) electrons. The van der Waals surface area contributed by atoms with Gasteiger partial charge in [-0.15, -0.1) is 0 Å². The quantitative estimate of drug-likeness (QED) is 0.637. The normalized spacial score (nSPS) is 10.3. The molecule has 0 spiro atoms. The average molecular weight is 446 g/mol. The van der Waals surface area contributed by atoms with E-state index in [4.69, 9.17) is 21.1 Å². The van der Waals surface area contributed by atoms with Crippen LogP contribution in [-0.4, -0.2) is 19.6 Å². The fourth-order valence-corrected chi connectivity index (χ4v) is 2.74. The predicted molar refractivity (Wildman–Crippen MR) is 101 cm³/mol. The molecule has 122 valence electrons. The van der Waals surface area contributed by atoms with Crippen molar-refractivity contribution in [2.75, 3.05) is 19.0 Å². The van der Waals surface area contributed by atoms with Gasteiger partial charge in [-0.05, 0) is 53.3 Å². The molecule has 0 aromatic heterocycles. The molecular weight excluding hydrogens is 429 g/mol. The number of carbonyl (C=O) groups is 1. The monoisotopic (exact) mass is 445 g/mol. The van der Waals surface area contributed by atoms with Crippen LogP contribution in [0.25, 0.3) is 0 Å². The minimum Gasteiger partial charge on any atom is -0.493 e. The fourth-order valence-electron chi connectivity index (χ4n) is 1.95. The van der Waals surface area contributed by atoms with Gasteiger partial charge in [0.25, 0.3) is 5.91 Å². The van der Waals surface area contributed by atoms with Crippen molar-refractivity contribution in [2.45, 2.75) is 13.3 Å². The van der Waals surface area contributed by atoms with Gasteiger partial charge in [-0.2, -0.15) is 0 Å². The van der Waals surface area contributed by atoms with Crippen LogP contribution in [-0.2, 0) is 0 Å². The number of halogens is 2. The second-order valence-corrected chi connectivity index (χ2v) is 6.34. The van der Waals surface area contributed by atoms with Crippen LogP contribution < -0.4 is 14.8 Å². The van der Waals surface area contributed by atoms with Gasteiger partial charge in [0.1, 0.15) is 0 Å². The second kappa shape index (κ2) is 8.40. The van der Waals surface area contributed by atoms with Crippen molar-refractivity contribution in [1.82, 2.24) is 0 Å². The van der Waals surface area contributed by atoms with Crippen LogP contribution in [0.15, 0.2) is 36.4 Å². The number of hydrogen-bond acceptors (Lipinski definition) is 3. The Hall–Kier alpha value is -1.47. The van der Waals surface area contributed by atoms with Crippen molar-refractivity contribution in [3.63, 3.8) is 0 Å². The van der Waals surface area contributed by atoms with Crippen molar-refractivity contribution in [2.24, 2.45) is 0 Å². The van der Waals surface area contributed by atoms with Gasteiger partial charge in [0.05, 0.1) is 24.4 Å². The van der Waals surface area contributed by atoms with Crippen molar-refractivity contribution in [3.05, 3.63) is 50.6 Å². The first-order valence-corrected chi connectivity index (χ1v) is 8.58. The van der Waals surface area contributed by atoms with Crippen LogP contribution in [0.5, 0.6) is 11.5 Å². The van der Waals surface area contributed by atoms with Crippen molar-refractivity contribution >= 4 is 45.8 Å². The highest BCUT2D eigenvalue weighted by molar-refractivity contribution is 14.1. The van der Waals surface area contributed by atoms with E-state index in [1.165, 1.54) is 7.11 Å². The highest BCUT2D eigenvalue weighted by Crippen LogP contribution is 2.36. The van der Waals surface area contributed by atoms with Gasteiger partial charge in [-0.1, -0.05) is 30.7 Å². The smallest absolute Gasteiger partial charge is 0.255 e. The molecule has 0 aliphatic rings. The molecule has 2 rings (SSSR count). The van der Waals surface area contributed by atoms with Gasteiger partial charge in [0.2, 0.25) is 0 Å². The molecule has 4 nitrogen and oxygen atoms in total. The Morgan fingerprint density at radius 1 is 1.30 bits per heavy atom. The number of para-hydroxylation sites is 1. The third kappa shape index (κ3) is 4.51. The lowest BCUT2D eigenvalue weighted by molar-refractivity contribution is 0.102. The molecule has 0 saturated heterocycles. The zero-order chi connectivity index (χ0) is 16.8. The summed E-state index contributed by atoms with van der Waals surface area (Å²) in [6.45, 7) is 2.54. The minimum atomic E-state index is -0.253. The Morgan fingerprint density at radius 3 is 2.70 bits per heavy atom. The highest BCUT2D eigenvalue weighted by Gasteiger charge is 2.16.